The predicted molar refractivity (Wildman–Crippen MR) is 112 cm³/mol. The molecule has 0 atom stereocenters. The van der Waals surface area contributed by atoms with Crippen molar-refractivity contribution in [1.82, 2.24) is 9.47 Å². The van der Waals surface area contributed by atoms with Crippen LogP contribution in [0.5, 0.6) is 0 Å². The molecule has 0 spiro atoms. The zero-order valence-corrected chi connectivity index (χ0v) is 16.6. The molecule has 150 valence electrons. The summed E-state index contributed by atoms with van der Waals surface area (Å²) in [6, 6.07) is 20.5. The molecule has 0 unspecified atom stereocenters. The van der Waals surface area contributed by atoms with Crippen molar-refractivity contribution in [2.45, 2.75) is 19.9 Å². The van der Waals surface area contributed by atoms with Crippen molar-refractivity contribution in [2.75, 3.05) is 6.54 Å². The Morgan fingerprint density at radius 2 is 1.63 bits per heavy atom. The first kappa shape index (κ1) is 19.5. The molecule has 0 radical (unpaired) electrons. The van der Waals surface area contributed by atoms with E-state index in [1.165, 1.54) is 0 Å². The van der Waals surface area contributed by atoms with E-state index in [1.807, 2.05) is 60.2 Å². The molecule has 3 amide bonds. The Kier molecular flexibility index (Phi) is 5.39. The summed E-state index contributed by atoms with van der Waals surface area (Å²) in [6.07, 6.45) is 1.84. The molecule has 30 heavy (non-hydrogen) atoms. The van der Waals surface area contributed by atoms with Gasteiger partial charge in [-0.3, -0.25) is 19.3 Å². The standard InChI is InChI=1S/C24H21N3O3/c1-17-10-11-19-20(15-17)24(30)27(23(19)29)14-12-22(28)25-21-9-5-6-13-26(21)16-18-7-3-2-4-8-18/h2-11,13,15H,12,14,16H2,1H3. The molecule has 0 aliphatic carbocycles. The van der Waals surface area contributed by atoms with Crippen LogP contribution < -0.4 is 5.49 Å². The lowest BCUT2D eigenvalue weighted by Crippen LogP contribution is -2.32. The minimum absolute atomic E-state index is 0.0131. The minimum Gasteiger partial charge on any atom is -0.329 e. The van der Waals surface area contributed by atoms with Gasteiger partial charge in [0.25, 0.3) is 11.8 Å². The summed E-state index contributed by atoms with van der Waals surface area (Å²) in [5, 5.41) is 0. The molecule has 0 fully saturated rings. The highest BCUT2D eigenvalue weighted by molar-refractivity contribution is 6.21. The van der Waals surface area contributed by atoms with Crippen LogP contribution in [0.4, 0.5) is 0 Å². The van der Waals surface area contributed by atoms with E-state index < -0.39 is 0 Å². The van der Waals surface area contributed by atoms with Crippen LogP contribution in [0.1, 0.15) is 38.3 Å². The van der Waals surface area contributed by atoms with Gasteiger partial charge >= 0.3 is 0 Å². The number of hydrogen-bond donors (Lipinski definition) is 0. The van der Waals surface area contributed by atoms with Gasteiger partial charge in [-0.05, 0) is 36.8 Å². The molecule has 6 heteroatoms. The third-order valence-electron chi connectivity index (χ3n) is 5.03. The Hall–Kier alpha value is -3.80. The molecule has 6 nitrogen and oxygen atoms in total. The predicted octanol–water partition coefficient (Wildman–Crippen LogP) is 2.96. The summed E-state index contributed by atoms with van der Waals surface area (Å²) in [5.41, 5.74) is 3.32. The Labute approximate surface area is 174 Å². The first-order chi connectivity index (χ1) is 14.5. The number of carbonyl (C=O) groups is 3. The molecule has 1 aromatic heterocycles. The van der Waals surface area contributed by atoms with Gasteiger partial charge < -0.3 is 4.57 Å². The van der Waals surface area contributed by atoms with Crippen LogP contribution >= 0.6 is 0 Å². The number of aryl methyl sites for hydroxylation is 1. The summed E-state index contributed by atoms with van der Waals surface area (Å²) in [4.78, 5) is 42.9. The van der Waals surface area contributed by atoms with Crippen molar-refractivity contribution in [2.24, 2.45) is 4.99 Å². The van der Waals surface area contributed by atoms with Crippen molar-refractivity contribution < 1.29 is 14.4 Å². The summed E-state index contributed by atoms with van der Waals surface area (Å²) in [5.74, 6) is -1.09. The summed E-state index contributed by atoms with van der Waals surface area (Å²) >= 11 is 0. The largest absolute Gasteiger partial charge is 0.329 e. The average molecular weight is 399 g/mol. The molecule has 2 heterocycles. The Morgan fingerprint density at radius 3 is 2.43 bits per heavy atom. The molecule has 0 bridgehead atoms. The van der Waals surface area contributed by atoms with Crippen molar-refractivity contribution in [3.8, 4) is 0 Å². The number of nitrogens with zero attached hydrogens (tertiary/aromatic N) is 3. The first-order valence-corrected chi connectivity index (χ1v) is 9.77. The monoisotopic (exact) mass is 399 g/mol. The second-order valence-corrected chi connectivity index (χ2v) is 7.24. The molecule has 4 rings (SSSR count). The number of hydrogen-bond acceptors (Lipinski definition) is 3. The number of imide groups is 1. The lowest BCUT2D eigenvalue weighted by Gasteiger charge is -2.12. The Bertz CT molecular complexity index is 1200. The fraction of sp³-hybridized carbons (Fsp3) is 0.167. The van der Waals surface area contributed by atoms with E-state index in [4.69, 9.17) is 0 Å². The van der Waals surface area contributed by atoms with Gasteiger partial charge in [-0.25, -0.2) is 0 Å². The smallest absolute Gasteiger partial charge is 0.261 e. The lowest BCUT2D eigenvalue weighted by atomic mass is 10.1. The van der Waals surface area contributed by atoms with Gasteiger partial charge in [0.05, 0.1) is 11.1 Å². The number of fused-ring (bicyclic) bond motifs is 1. The molecular weight excluding hydrogens is 378 g/mol. The molecule has 0 N–H and O–H groups in total. The first-order valence-electron chi connectivity index (χ1n) is 9.77. The van der Waals surface area contributed by atoms with E-state index in [2.05, 4.69) is 4.99 Å². The normalized spacial score (nSPS) is 13.6. The van der Waals surface area contributed by atoms with E-state index in [0.717, 1.165) is 16.0 Å². The van der Waals surface area contributed by atoms with Crippen LogP contribution in [-0.2, 0) is 11.3 Å². The van der Waals surface area contributed by atoms with Crippen LogP contribution in [-0.4, -0.2) is 33.7 Å². The van der Waals surface area contributed by atoms with E-state index in [-0.39, 0.29) is 30.7 Å². The van der Waals surface area contributed by atoms with Gasteiger partial charge in [0.2, 0.25) is 5.91 Å². The second kappa shape index (κ2) is 8.29. The number of amides is 3. The highest BCUT2D eigenvalue weighted by Crippen LogP contribution is 2.23. The summed E-state index contributed by atoms with van der Waals surface area (Å²) < 4.78 is 1.89. The van der Waals surface area contributed by atoms with Crippen LogP contribution in [0.3, 0.4) is 0 Å². The molecule has 1 aliphatic heterocycles. The number of benzene rings is 2. The maximum Gasteiger partial charge on any atom is 0.261 e. The van der Waals surface area contributed by atoms with Gasteiger partial charge in [-0.2, -0.15) is 4.99 Å². The highest BCUT2D eigenvalue weighted by Gasteiger charge is 2.35. The number of carbonyl (C=O) groups excluding carboxylic acids is 3. The fourth-order valence-electron chi connectivity index (χ4n) is 3.48. The second-order valence-electron chi connectivity index (χ2n) is 7.24. The van der Waals surface area contributed by atoms with E-state index in [0.29, 0.717) is 23.2 Å². The third kappa shape index (κ3) is 3.98. The fourth-order valence-corrected chi connectivity index (χ4v) is 3.48. The number of aromatic nitrogens is 1. The van der Waals surface area contributed by atoms with Crippen LogP contribution in [0.2, 0.25) is 0 Å². The molecule has 0 saturated heterocycles. The van der Waals surface area contributed by atoms with E-state index in [1.54, 1.807) is 24.3 Å². The lowest BCUT2D eigenvalue weighted by molar-refractivity contribution is -0.118. The summed E-state index contributed by atoms with van der Waals surface area (Å²) in [7, 11) is 0. The zero-order valence-electron chi connectivity index (χ0n) is 16.6. The maximum atomic E-state index is 12.5. The van der Waals surface area contributed by atoms with Crippen LogP contribution in [0.15, 0.2) is 77.9 Å². The summed E-state index contributed by atoms with van der Waals surface area (Å²) in [6.45, 7) is 2.47. The quantitative estimate of drug-likeness (QED) is 0.619. The van der Waals surface area contributed by atoms with Crippen LogP contribution in [0.25, 0.3) is 0 Å². The maximum absolute atomic E-state index is 12.5. The van der Waals surface area contributed by atoms with E-state index in [9.17, 15) is 14.4 Å². The van der Waals surface area contributed by atoms with Crippen molar-refractivity contribution >= 4 is 17.7 Å². The topological polar surface area (TPSA) is 71.7 Å². The number of pyridine rings is 1. The highest BCUT2D eigenvalue weighted by atomic mass is 16.2. The van der Waals surface area contributed by atoms with Gasteiger partial charge in [-0.15, -0.1) is 0 Å². The van der Waals surface area contributed by atoms with Crippen LogP contribution in [0, 0.1) is 6.92 Å². The van der Waals surface area contributed by atoms with Gasteiger partial charge in [0.15, 0.2) is 0 Å². The van der Waals surface area contributed by atoms with Crippen molar-refractivity contribution in [1.29, 1.82) is 0 Å². The molecular formula is C24H21N3O3. The molecule has 0 saturated carbocycles. The molecule has 3 aromatic rings. The SMILES string of the molecule is Cc1ccc2c(c1)C(=O)N(CCC(=O)N=c1ccccn1Cc1ccccc1)C2=O. The van der Waals surface area contributed by atoms with Gasteiger partial charge in [-0.1, -0.05) is 48.0 Å². The van der Waals surface area contributed by atoms with E-state index >= 15 is 0 Å². The number of rotatable bonds is 5. The third-order valence-corrected chi connectivity index (χ3v) is 5.03. The van der Waals surface area contributed by atoms with Gasteiger partial charge in [0, 0.05) is 25.7 Å². The average Bonchev–Trinajstić information content (AvgIpc) is 2.98. The van der Waals surface area contributed by atoms with Crippen molar-refractivity contribution in [3.63, 3.8) is 0 Å². The van der Waals surface area contributed by atoms with Gasteiger partial charge in [0.1, 0.15) is 5.49 Å². The Morgan fingerprint density at radius 1 is 0.900 bits per heavy atom. The zero-order chi connectivity index (χ0) is 21.1. The minimum atomic E-state index is -0.379. The van der Waals surface area contributed by atoms with Crippen molar-refractivity contribution in [3.05, 3.63) is 101 Å². The Balaban J connectivity index is 1.48. The molecule has 1 aliphatic rings. The molecule has 2 aromatic carbocycles.